The van der Waals surface area contributed by atoms with E-state index in [2.05, 4.69) is 57.0 Å². The van der Waals surface area contributed by atoms with Crippen molar-refractivity contribution >= 4 is 31.9 Å². The molecule has 4 rings (SSSR count). The molecule has 0 saturated heterocycles. The molecule has 4 nitrogen and oxygen atoms in total. The lowest BCUT2D eigenvalue weighted by atomic mass is 9.97. The Kier molecular flexibility index (Phi) is 6.39. The third-order valence-corrected chi connectivity index (χ3v) is 5.91. The van der Waals surface area contributed by atoms with E-state index in [0.717, 1.165) is 59.9 Å². The monoisotopic (exact) mass is 538 g/mol. The smallest absolute Gasteiger partial charge is 0.118 e. The number of ether oxygens (including phenoxy) is 2. The second-order valence-corrected chi connectivity index (χ2v) is 8.61. The number of halogens is 2. The maximum atomic E-state index is 5.29. The summed E-state index contributed by atoms with van der Waals surface area (Å²) in [6, 6.07) is 22.1. The number of nitrogens with zero attached hydrogens (tertiary/aromatic N) is 2. The van der Waals surface area contributed by atoms with E-state index in [1.54, 1.807) is 14.2 Å². The van der Waals surface area contributed by atoms with Gasteiger partial charge in [0.1, 0.15) is 20.7 Å². The van der Waals surface area contributed by atoms with Crippen molar-refractivity contribution in [3.63, 3.8) is 0 Å². The Bertz CT molecular complexity index is 1220. The topological polar surface area (TPSA) is 44.2 Å². The largest absolute Gasteiger partial charge is 0.497 e. The summed E-state index contributed by atoms with van der Waals surface area (Å²) in [4.78, 5) is 9.47. The van der Waals surface area contributed by atoms with E-state index in [0.29, 0.717) is 0 Å². The molecule has 0 atom stereocenters. The first kappa shape index (κ1) is 21.5. The SMILES string of the molecule is COc1ccc(-c2cc(Br)nc(-c3nc(Br)cc(-c4ccc(OC)cc4)c3C)c2)cc1. The van der Waals surface area contributed by atoms with Crippen LogP contribution in [-0.4, -0.2) is 24.2 Å². The van der Waals surface area contributed by atoms with E-state index in [1.807, 2.05) is 48.5 Å². The zero-order valence-electron chi connectivity index (χ0n) is 17.3. The summed E-state index contributed by atoms with van der Waals surface area (Å²) in [6.07, 6.45) is 0. The molecule has 0 radical (unpaired) electrons. The Hall–Kier alpha value is -2.70. The first-order valence-electron chi connectivity index (χ1n) is 9.62. The highest BCUT2D eigenvalue weighted by atomic mass is 79.9. The van der Waals surface area contributed by atoms with Gasteiger partial charge in [-0.15, -0.1) is 0 Å². The molecule has 156 valence electrons. The van der Waals surface area contributed by atoms with Gasteiger partial charge in [0.2, 0.25) is 0 Å². The molecule has 31 heavy (non-hydrogen) atoms. The standard InChI is InChI=1S/C25H20Br2N2O2/c1-15-21(17-6-10-20(31-3)11-7-17)14-24(27)29-25(15)22-12-18(13-23(26)28-22)16-4-8-19(30-2)9-5-16/h4-14H,1-3H3. The molecule has 2 aromatic carbocycles. The second kappa shape index (κ2) is 9.20. The van der Waals surface area contributed by atoms with E-state index in [9.17, 15) is 0 Å². The minimum absolute atomic E-state index is 0.753. The quantitative estimate of drug-likeness (QED) is 0.249. The molecule has 0 unspecified atom stereocenters. The summed E-state index contributed by atoms with van der Waals surface area (Å²) in [6.45, 7) is 2.07. The van der Waals surface area contributed by atoms with Crippen LogP contribution in [0.1, 0.15) is 5.56 Å². The number of benzene rings is 2. The predicted molar refractivity (Wildman–Crippen MR) is 132 cm³/mol. The van der Waals surface area contributed by atoms with Gasteiger partial charge in [-0.2, -0.15) is 0 Å². The van der Waals surface area contributed by atoms with Crippen molar-refractivity contribution in [2.45, 2.75) is 6.92 Å². The number of hydrogen-bond acceptors (Lipinski definition) is 4. The van der Waals surface area contributed by atoms with Crippen molar-refractivity contribution in [2.24, 2.45) is 0 Å². The van der Waals surface area contributed by atoms with E-state index < -0.39 is 0 Å². The number of hydrogen-bond donors (Lipinski definition) is 0. The lowest BCUT2D eigenvalue weighted by Crippen LogP contribution is -1.97. The number of rotatable bonds is 5. The van der Waals surface area contributed by atoms with Crippen molar-refractivity contribution in [3.05, 3.63) is 81.5 Å². The van der Waals surface area contributed by atoms with Crippen molar-refractivity contribution in [3.8, 4) is 45.1 Å². The van der Waals surface area contributed by atoms with Crippen molar-refractivity contribution < 1.29 is 9.47 Å². The number of pyridine rings is 2. The molecule has 0 spiro atoms. The first-order chi connectivity index (χ1) is 15.0. The molecule has 0 amide bonds. The molecule has 0 bridgehead atoms. The van der Waals surface area contributed by atoms with E-state index in [-0.39, 0.29) is 0 Å². The van der Waals surface area contributed by atoms with Gasteiger partial charge in [0.15, 0.2) is 0 Å². The summed E-state index contributed by atoms with van der Waals surface area (Å²) in [5.41, 5.74) is 6.99. The number of aromatic nitrogens is 2. The highest BCUT2D eigenvalue weighted by molar-refractivity contribution is 9.10. The van der Waals surface area contributed by atoms with Crippen LogP contribution in [0.25, 0.3) is 33.6 Å². The molecular formula is C25H20Br2N2O2. The average molecular weight is 540 g/mol. The minimum atomic E-state index is 0.753. The van der Waals surface area contributed by atoms with Crippen LogP contribution >= 0.6 is 31.9 Å². The third kappa shape index (κ3) is 4.65. The minimum Gasteiger partial charge on any atom is -0.497 e. The van der Waals surface area contributed by atoms with Crippen LogP contribution in [0, 0.1) is 6.92 Å². The number of methoxy groups -OCH3 is 2. The Morgan fingerprint density at radius 2 is 1.19 bits per heavy atom. The van der Waals surface area contributed by atoms with Gasteiger partial charge in [0, 0.05) is 0 Å². The van der Waals surface area contributed by atoms with Crippen LogP contribution in [0.15, 0.2) is 75.9 Å². The maximum Gasteiger partial charge on any atom is 0.118 e. The lowest BCUT2D eigenvalue weighted by molar-refractivity contribution is 0.415. The Balaban J connectivity index is 1.82. The highest BCUT2D eigenvalue weighted by Gasteiger charge is 2.15. The van der Waals surface area contributed by atoms with Gasteiger partial charge in [-0.25, -0.2) is 9.97 Å². The Morgan fingerprint density at radius 1 is 0.645 bits per heavy atom. The summed E-state index contributed by atoms with van der Waals surface area (Å²) in [7, 11) is 3.33. The van der Waals surface area contributed by atoms with Gasteiger partial charge in [0.25, 0.3) is 0 Å². The van der Waals surface area contributed by atoms with Crippen LogP contribution in [0.4, 0.5) is 0 Å². The third-order valence-electron chi connectivity index (χ3n) is 5.10. The summed E-state index contributed by atoms with van der Waals surface area (Å²) in [5, 5.41) is 0. The maximum absolute atomic E-state index is 5.29. The van der Waals surface area contributed by atoms with Crippen molar-refractivity contribution in [1.29, 1.82) is 0 Å². The van der Waals surface area contributed by atoms with Crippen LogP contribution in [0.5, 0.6) is 11.5 Å². The van der Waals surface area contributed by atoms with Gasteiger partial charge in [0.05, 0.1) is 25.6 Å². The molecule has 4 aromatic rings. The molecule has 6 heteroatoms. The summed E-state index contributed by atoms with van der Waals surface area (Å²) < 4.78 is 12.1. The van der Waals surface area contributed by atoms with Gasteiger partial charge in [-0.3, -0.25) is 0 Å². The summed E-state index contributed by atoms with van der Waals surface area (Å²) >= 11 is 7.15. The molecule has 0 aliphatic carbocycles. The zero-order valence-corrected chi connectivity index (χ0v) is 20.5. The molecule has 0 fully saturated rings. The van der Waals surface area contributed by atoms with Crippen molar-refractivity contribution in [1.82, 2.24) is 9.97 Å². The van der Waals surface area contributed by atoms with E-state index in [1.165, 1.54) is 0 Å². The van der Waals surface area contributed by atoms with E-state index >= 15 is 0 Å². The highest BCUT2D eigenvalue weighted by Crippen LogP contribution is 2.35. The normalized spacial score (nSPS) is 10.7. The molecule has 0 aliphatic heterocycles. The molecule has 0 aliphatic rings. The van der Waals surface area contributed by atoms with Crippen LogP contribution in [0.3, 0.4) is 0 Å². The van der Waals surface area contributed by atoms with Gasteiger partial charge < -0.3 is 9.47 Å². The molecule has 2 aromatic heterocycles. The van der Waals surface area contributed by atoms with E-state index in [4.69, 9.17) is 19.4 Å². The van der Waals surface area contributed by atoms with Crippen LogP contribution in [-0.2, 0) is 0 Å². The first-order valence-corrected chi connectivity index (χ1v) is 11.2. The Labute approximate surface area is 198 Å². The fraction of sp³-hybridized carbons (Fsp3) is 0.120. The lowest BCUT2D eigenvalue weighted by Gasteiger charge is -2.14. The molecule has 0 saturated carbocycles. The molecule has 0 N–H and O–H groups in total. The van der Waals surface area contributed by atoms with Gasteiger partial charge >= 0.3 is 0 Å². The summed E-state index contributed by atoms with van der Waals surface area (Å²) in [5.74, 6) is 1.65. The zero-order chi connectivity index (χ0) is 22.0. The molecule has 2 heterocycles. The fourth-order valence-corrected chi connectivity index (χ4v) is 4.31. The van der Waals surface area contributed by atoms with Crippen LogP contribution < -0.4 is 9.47 Å². The molecular weight excluding hydrogens is 520 g/mol. The predicted octanol–water partition coefficient (Wildman–Crippen LogP) is 7.33. The van der Waals surface area contributed by atoms with Gasteiger partial charge in [-0.05, 0) is 109 Å². The average Bonchev–Trinajstić information content (AvgIpc) is 2.80. The second-order valence-electron chi connectivity index (χ2n) is 6.99. The Morgan fingerprint density at radius 3 is 1.77 bits per heavy atom. The fourth-order valence-electron chi connectivity index (χ4n) is 3.47. The van der Waals surface area contributed by atoms with Gasteiger partial charge in [-0.1, -0.05) is 24.3 Å². The van der Waals surface area contributed by atoms with Crippen molar-refractivity contribution in [2.75, 3.05) is 14.2 Å². The van der Waals surface area contributed by atoms with Crippen LogP contribution in [0.2, 0.25) is 0 Å².